The third-order valence-electron chi connectivity index (χ3n) is 11.4. The minimum absolute atomic E-state index is 0.161. The number of fused-ring (bicyclic) bond motifs is 5. The first-order chi connectivity index (χ1) is 13.6. The van der Waals surface area contributed by atoms with Crippen LogP contribution in [0.15, 0.2) is 0 Å². The lowest BCUT2D eigenvalue weighted by Crippen LogP contribution is -2.56. The van der Waals surface area contributed by atoms with Crippen LogP contribution >= 0.6 is 0 Å². The van der Waals surface area contributed by atoms with Gasteiger partial charge in [0.25, 0.3) is 0 Å². The Hall–Kier alpha value is -0.0800. The molecule has 0 aromatic heterocycles. The third kappa shape index (κ3) is 3.34. The summed E-state index contributed by atoms with van der Waals surface area (Å²) < 4.78 is 0. The van der Waals surface area contributed by atoms with Crippen molar-refractivity contribution in [2.75, 3.05) is 0 Å². The summed E-state index contributed by atoms with van der Waals surface area (Å²) in [4.78, 5) is 0. The van der Waals surface area contributed by atoms with Crippen molar-refractivity contribution >= 4 is 0 Å². The van der Waals surface area contributed by atoms with E-state index in [1.54, 1.807) is 0 Å². The lowest BCUT2D eigenvalue weighted by atomic mass is 9.43. The van der Waals surface area contributed by atoms with E-state index in [4.69, 9.17) is 0 Å². The standard InChI is InChI=1S/C27H48O2/c1-7-27(29)15-14-25(5)19(16-27)8-9-20-22-11-10-21(18(4)24(28)17(2)3)26(22,6)13-12-23(20)25/h17-24,28-29H,7-16H2,1-6H3/t18-,19?,20?,21?,22?,23?,24?,25?,26?,27-/m0/s1. The Balaban J connectivity index is 1.54. The number of hydrogen-bond acceptors (Lipinski definition) is 2. The molecule has 4 rings (SSSR count). The monoisotopic (exact) mass is 404 g/mol. The Labute approximate surface area is 180 Å². The number of hydrogen-bond donors (Lipinski definition) is 2. The molecule has 2 N–H and O–H groups in total. The van der Waals surface area contributed by atoms with E-state index >= 15 is 0 Å². The van der Waals surface area contributed by atoms with Crippen LogP contribution in [0, 0.1) is 52.3 Å². The summed E-state index contributed by atoms with van der Waals surface area (Å²) in [5, 5.41) is 21.8. The van der Waals surface area contributed by atoms with E-state index < -0.39 is 0 Å². The van der Waals surface area contributed by atoms with Crippen molar-refractivity contribution in [1.82, 2.24) is 0 Å². The van der Waals surface area contributed by atoms with Gasteiger partial charge in [0.1, 0.15) is 0 Å². The lowest BCUT2D eigenvalue weighted by molar-refractivity contribution is -0.154. The highest BCUT2D eigenvalue weighted by atomic mass is 16.3. The second-order valence-electron chi connectivity index (χ2n) is 12.8. The topological polar surface area (TPSA) is 40.5 Å². The minimum Gasteiger partial charge on any atom is -0.393 e. The molecule has 2 heteroatoms. The molecule has 4 aliphatic carbocycles. The first-order valence-corrected chi connectivity index (χ1v) is 13.0. The zero-order chi connectivity index (χ0) is 21.2. The molecule has 2 nitrogen and oxygen atoms in total. The van der Waals surface area contributed by atoms with Crippen LogP contribution in [0.2, 0.25) is 0 Å². The van der Waals surface area contributed by atoms with Gasteiger partial charge in [0, 0.05) is 0 Å². The quantitative estimate of drug-likeness (QED) is 0.566. The van der Waals surface area contributed by atoms with Gasteiger partial charge >= 0.3 is 0 Å². The van der Waals surface area contributed by atoms with E-state index in [-0.39, 0.29) is 11.7 Å². The third-order valence-corrected chi connectivity index (χ3v) is 11.4. The van der Waals surface area contributed by atoms with Crippen LogP contribution in [0.25, 0.3) is 0 Å². The molecule has 0 saturated heterocycles. The summed E-state index contributed by atoms with van der Waals surface area (Å²) in [5.41, 5.74) is 0.492. The second-order valence-corrected chi connectivity index (χ2v) is 12.8. The van der Waals surface area contributed by atoms with Crippen molar-refractivity contribution in [3.63, 3.8) is 0 Å². The van der Waals surface area contributed by atoms with Gasteiger partial charge in [-0.2, -0.15) is 0 Å². The predicted octanol–water partition coefficient (Wildman–Crippen LogP) is 6.44. The maximum atomic E-state index is 11.0. The molecule has 4 saturated carbocycles. The van der Waals surface area contributed by atoms with Crippen molar-refractivity contribution in [3.05, 3.63) is 0 Å². The van der Waals surface area contributed by atoms with E-state index in [0.717, 1.165) is 42.9 Å². The first kappa shape index (κ1) is 22.1. The summed E-state index contributed by atoms with van der Waals surface area (Å²) in [6, 6.07) is 0. The molecule has 0 aromatic rings. The molecule has 0 heterocycles. The lowest BCUT2D eigenvalue weighted by Gasteiger charge is -2.62. The molecule has 0 amide bonds. The van der Waals surface area contributed by atoms with Crippen LogP contribution in [-0.4, -0.2) is 21.9 Å². The molecule has 0 aromatic carbocycles. The molecular formula is C27H48O2. The Morgan fingerprint density at radius 1 is 0.862 bits per heavy atom. The SMILES string of the molecule is CC[C@]1(O)CCC2(C)C(CCC3C2CCC2(C)C3CCC2[C@H](C)C(O)C(C)C)C1. The largest absolute Gasteiger partial charge is 0.393 e. The van der Waals surface area contributed by atoms with E-state index in [9.17, 15) is 10.2 Å². The fraction of sp³-hybridized carbons (Fsp3) is 1.00. The molecule has 168 valence electrons. The Bertz CT molecular complexity index is 601. The number of aliphatic hydroxyl groups excluding tert-OH is 1. The molecule has 4 fully saturated rings. The van der Waals surface area contributed by atoms with E-state index in [1.165, 1.54) is 44.9 Å². The average Bonchev–Trinajstić information content (AvgIpc) is 3.04. The first-order valence-electron chi connectivity index (χ1n) is 13.0. The highest BCUT2D eigenvalue weighted by Gasteiger charge is 2.61. The second kappa shape index (κ2) is 7.51. The molecule has 0 aliphatic heterocycles. The van der Waals surface area contributed by atoms with Crippen LogP contribution in [0.3, 0.4) is 0 Å². The van der Waals surface area contributed by atoms with Gasteiger partial charge in [-0.1, -0.05) is 41.5 Å². The summed E-state index contributed by atoms with van der Waals surface area (Å²) in [6.07, 6.45) is 12.2. The molecule has 4 aliphatic rings. The van der Waals surface area contributed by atoms with Crippen molar-refractivity contribution < 1.29 is 10.2 Å². The summed E-state index contributed by atoms with van der Waals surface area (Å²) in [7, 11) is 0. The van der Waals surface area contributed by atoms with Gasteiger partial charge in [-0.05, 0) is 116 Å². The van der Waals surface area contributed by atoms with Crippen LogP contribution in [0.4, 0.5) is 0 Å². The fourth-order valence-electron chi connectivity index (χ4n) is 9.39. The van der Waals surface area contributed by atoms with Gasteiger partial charge in [-0.3, -0.25) is 0 Å². The van der Waals surface area contributed by atoms with Crippen LogP contribution < -0.4 is 0 Å². The van der Waals surface area contributed by atoms with Gasteiger partial charge in [0.15, 0.2) is 0 Å². The van der Waals surface area contributed by atoms with Crippen LogP contribution in [-0.2, 0) is 0 Å². The van der Waals surface area contributed by atoms with Gasteiger partial charge in [0.2, 0.25) is 0 Å². The van der Waals surface area contributed by atoms with E-state index in [1.807, 2.05) is 0 Å². The molecule has 0 radical (unpaired) electrons. The van der Waals surface area contributed by atoms with Crippen molar-refractivity contribution in [1.29, 1.82) is 0 Å². The molecule has 0 spiro atoms. The fourth-order valence-corrected chi connectivity index (χ4v) is 9.39. The number of aliphatic hydroxyl groups is 2. The van der Waals surface area contributed by atoms with Gasteiger partial charge in [0.05, 0.1) is 11.7 Å². The maximum absolute atomic E-state index is 11.0. The Kier molecular flexibility index (Phi) is 5.73. The van der Waals surface area contributed by atoms with Crippen molar-refractivity contribution in [3.8, 4) is 0 Å². The van der Waals surface area contributed by atoms with Crippen molar-refractivity contribution in [2.24, 2.45) is 52.3 Å². The zero-order valence-corrected chi connectivity index (χ0v) is 20.1. The highest BCUT2D eigenvalue weighted by Crippen LogP contribution is 2.69. The normalized spacial score (nSPS) is 51.8. The predicted molar refractivity (Wildman–Crippen MR) is 120 cm³/mol. The zero-order valence-electron chi connectivity index (χ0n) is 20.1. The summed E-state index contributed by atoms with van der Waals surface area (Å²) >= 11 is 0. The molecule has 29 heavy (non-hydrogen) atoms. The Morgan fingerprint density at radius 2 is 1.55 bits per heavy atom. The molecule has 0 bridgehead atoms. The van der Waals surface area contributed by atoms with Gasteiger partial charge < -0.3 is 10.2 Å². The van der Waals surface area contributed by atoms with E-state index in [2.05, 4.69) is 41.5 Å². The molecule has 8 unspecified atom stereocenters. The molecule has 10 atom stereocenters. The smallest absolute Gasteiger partial charge is 0.0648 e. The van der Waals surface area contributed by atoms with Crippen molar-refractivity contribution in [2.45, 2.75) is 117 Å². The maximum Gasteiger partial charge on any atom is 0.0648 e. The Morgan fingerprint density at radius 3 is 2.21 bits per heavy atom. The van der Waals surface area contributed by atoms with Crippen LogP contribution in [0.5, 0.6) is 0 Å². The van der Waals surface area contributed by atoms with E-state index in [0.29, 0.717) is 28.6 Å². The van der Waals surface area contributed by atoms with Gasteiger partial charge in [-0.25, -0.2) is 0 Å². The number of rotatable bonds is 4. The average molecular weight is 405 g/mol. The summed E-state index contributed by atoms with van der Waals surface area (Å²) in [5.74, 6) is 4.80. The molecular weight excluding hydrogens is 356 g/mol. The van der Waals surface area contributed by atoms with Crippen LogP contribution in [0.1, 0.15) is 106 Å². The summed E-state index contributed by atoms with van der Waals surface area (Å²) in [6.45, 7) is 14.1. The van der Waals surface area contributed by atoms with Gasteiger partial charge in [-0.15, -0.1) is 0 Å². The highest BCUT2D eigenvalue weighted by molar-refractivity contribution is 5.11. The minimum atomic E-state index is -0.388.